The molecule has 7 heteroatoms. The fraction of sp³-hybridized carbons (Fsp3) is 0.261. The SMILES string of the molecule is Clc1ccc(-c2noc3ncnc(NC4CCN(Cc5ccccc5)CC4)c23)cc1. The van der Waals surface area contributed by atoms with E-state index in [2.05, 4.69) is 55.7 Å². The topological polar surface area (TPSA) is 67.1 Å². The van der Waals surface area contributed by atoms with Gasteiger partial charge in [0.05, 0.1) is 0 Å². The molecule has 6 nitrogen and oxygen atoms in total. The highest BCUT2D eigenvalue weighted by molar-refractivity contribution is 6.30. The summed E-state index contributed by atoms with van der Waals surface area (Å²) < 4.78 is 5.46. The molecule has 2 aromatic heterocycles. The van der Waals surface area contributed by atoms with Crippen LogP contribution in [0, 0.1) is 0 Å². The van der Waals surface area contributed by atoms with Gasteiger partial charge in [-0.25, -0.2) is 4.98 Å². The number of benzene rings is 2. The summed E-state index contributed by atoms with van der Waals surface area (Å²) in [7, 11) is 0. The van der Waals surface area contributed by atoms with Crippen LogP contribution in [0.5, 0.6) is 0 Å². The van der Waals surface area contributed by atoms with Crippen LogP contribution in [0.3, 0.4) is 0 Å². The van der Waals surface area contributed by atoms with Gasteiger partial charge in [-0.1, -0.05) is 59.2 Å². The van der Waals surface area contributed by atoms with Crippen LogP contribution in [0.4, 0.5) is 5.82 Å². The Kier molecular flexibility index (Phi) is 5.34. The molecule has 0 aliphatic carbocycles. The summed E-state index contributed by atoms with van der Waals surface area (Å²) in [6, 6.07) is 18.5. The second-order valence-corrected chi connectivity index (χ2v) is 8.06. The predicted molar refractivity (Wildman–Crippen MR) is 118 cm³/mol. The monoisotopic (exact) mass is 419 g/mol. The minimum atomic E-state index is 0.350. The van der Waals surface area contributed by atoms with Crippen LogP contribution in [-0.4, -0.2) is 39.2 Å². The Labute approximate surface area is 179 Å². The molecule has 1 N–H and O–H groups in total. The third kappa shape index (κ3) is 4.01. The molecule has 0 amide bonds. The molecule has 0 atom stereocenters. The number of piperidine rings is 1. The van der Waals surface area contributed by atoms with E-state index in [1.165, 1.54) is 11.9 Å². The summed E-state index contributed by atoms with van der Waals surface area (Å²) >= 11 is 6.03. The lowest BCUT2D eigenvalue weighted by Gasteiger charge is -2.32. The van der Waals surface area contributed by atoms with Crippen LogP contribution in [-0.2, 0) is 6.54 Å². The van der Waals surface area contributed by atoms with E-state index in [1.807, 2.05) is 24.3 Å². The van der Waals surface area contributed by atoms with Crippen molar-refractivity contribution >= 4 is 28.5 Å². The van der Waals surface area contributed by atoms with Crippen molar-refractivity contribution in [2.45, 2.75) is 25.4 Å². The molecule has 0 saturated carbocycles. The molecule has 1 saturated heterocycles. The van der Waals surface area contributed by atoms with Crippen LogP contribution in [0.15, 0.2) is 65.4 Å². The lowest BCUT2D eigenvalue weighted by molar-refractivity contribution is 0.211. The van der Waals surface area contributed by atoms with E-state index in [4.69, 9.17) is 16.1 Å². The number of anilines is 1. The Morgan fingerprint density at radius 3 is 2.53 bits per heavy atom. The van der Waals surface area contributed by atoms with Crippen molar-refractivity contribution in [2.75, 3.05) is 18.4 Å². The number of rotatable bonds is 5. The molecule has 1 aliphatic rings. The Balaban J connectivity index is 1.31. The first-order valence-corrected chi connectivity index (χ1v) is 10.5. The van der Waals surface area contributed by atoms with E-state index >= 15 is 0 Å². The number of likely N-dealkylation sites (tertiary alicyclic amines) is 1. The fourth-order valence-corrected chi connectivity index (χ4v) is 4.10. The van der Waals surface area contributed by atoms with Crippen molar-refractivity contribution in [1.29, 1.82) is 0 Å². The van der Waals surface area contributed by atoms with Gasteiger partial charge in [-0.2, -0.15) is 4.98 Å². The number of hydrogen-bond donors (Lipinski definition) is 1. The average molecular weight is 420 g/mol. The van der Waals surface area contributed by atoms with E-state index < -0.39 is 0 Å². The summed E-state index contributed by atoms with van der Waals surface area (Å²) in [6.45, 7) is 3.10. The zero-order valence-corrected chi connectivity index (χ0v) is 17.2. The Bertz CT molecular complexity index is 1120. The minimum Gasteiger partial charge on any atom is -0.366 e. The maximum atomic E-state index is 6.03. The Morgan fingerprint density at radius 2 is 1.77 bits per heavy atom. The van der Waals surface area contributed by atoms with Gasteiger partial charge >= 0.3 is 0 Å². The van der Waals surface area contributed by atoms with Crippen molar-refractivity contribution < 1.29 is 4.52 Å². The number of nitrogens with one attached hydrogen (secondary N) is 1. The molecular weight excluding hydrogens is 398 g/mol. The summed E-state index contributed by atoms with van der Waals surface area (Å²) in [5, 5.41) is 9.35. The van der Waals surface area contributed by atoms with Crippen LogP contribution >= 0.6 is 11.6 Å². The predicted octanol–water partition coefficient (Wildman–Crippen LogP) is 5.01. The number of hydrogen-bond acceptors (Lipinski definition) is 6. The molecule has 30 heavy (non-hydrogen) atoms. The first-order chi connectivity index (χ1) is 14.8. The van der Waals surface area contributed by atoms with Crippen LogP contribution in [0.2, 0.25) is 5.02 Å². The third-order valence-corrected chi connectivity index (χ3v) is 5.82. The molecule has 0 unspecified atom stereocenters. The van der Waals surface area contributed by atoms with Gasteiger partial charge in [-0.15, -0.1) is 0 Å². The molecule has 4 aromatic rings. The number of halogens is 1. The molecule has 152 valence electrons. The van der Waals surface area contributed by atoms with Crippen LogP contribution < -0.4 is 5.32 Å². The first kappa shape index (κ1) is 19.0. The highest BCUT2D eigenvalue weighted by Gasteiger charge is 2.22. The Morgan fingerprint density at radius 1 is 1.00 bits per heavy atom. The molecule has 3 heterocycles. The fourth-order valence-electron chi connectivity index (χ4n) is 3.97. The summed E-state index contributed by atoms with van der Waals surface area (Å²) in [5.74, 6) is 0.771. The average Bonchev–Trinajstić information content (AvgIpc) is 3.22. The lowest BCUT2D eigenvalue weighted by atomic mass is 10.0. The highest BCUT2D eigenvalue weighted by atomic mass is 35.5. The van der Waals surface area contributed by atoms with Crippen molar-refractivity contribution in [3.8, 4) is 11.3 Å². The second kappa shape index (κ2) is 8.42. The molecule has 1 aliphatic heterocycles. The van der Waals surface area contributed by atoms with Gasteiger partial charge in [0, 0.05) is 36.3 Å². The maximum absolute atomic E-state index is 6.03. The maximum Gasteiger partial charge on any atom is 0.263 e. The summed E-state index contributed by atoms with van der Waals surface area (Å²) in [5.41, 5.74) is 3.50. The second-order valence-electron chi connectivity index (χ2n) is 7.62. The molecule has 0 radical (unpaired) electrons. The normalized spacial score (nSPS) is 15.5. The minimum absolute atomic E-state index is 0.350. The van der Waals surface area contributed by atoms with Crippen LogP contribution in [0.1, 0.15) is 18.4 Å². The quantitative estimate of drug-likeness (QED) is 0.490. The van der Waals surface area contributed by atoms with Gasteiger partial charge in [0.1, 0.15) is 23.2 Å². The zero-order chi connectivity index (χ0) is 20.3. The van der Waals surface area contributed by atoms with Crippen molar-refractivity contribution in [1.82, 2.24) is 20.0 Å². The van der Waals surface area contributed by atoms with Crippen molar-refractivity contribution in [3.63, 3.8) is 0 Å². The van der Waals surface area contributed by atoms with E-state index in [0.29, 0.717) is 16.8 Å². The number of aromatic nitrogens is 3. The molecule has 5 rings (SSSR count). The van der Waals surface area contributed by atoms with Crippen molar-refractivity contribution in [2.24, 2.45) is 0 Å². The smallest absolute Gasteiger partial charge is 0.263 e. The van der Waals surface area contributed by atoms with E-state index in [1.54, 1.807) is 0 Å². The van der Waals surface area contributed by atoms with Gasteiger partial charge in [0.25, 0.3) is 5.71 Å². The molecule has 2 aromatic carbocycles. The van der Waals surface area contributed by atoms with Gasteiger partial charge < -0.3 is 9.84 Å². The van der Waals surface area contributed by atoms with Crippen LogP contribution in [0.25, 0.3) is 22.4 Å². The molecule has 0 spiro atoms. The van der Waals surface area contributed by atoms with E-state index in [-0.39, 0.29) is 0 Å². The third-order valence-electron chi connectivity index (χ3n) is 5.57. The van der Waals surface area contributed by atoms with Gasteiger partial charge in [-0.05, 0) is 30.5 Å². The highest BCUT2D eigenvalue weighted by Crippen LogP contribution is 2.32. The summed E-state index contributed by atoms with van der Waals surface area (Å²) in [4.78, 5) is 11.2. The first-order valence-electron chi connectivity index (χ1n) is 10.2. The zero-order valence-electron chi connectivity index (χ0n) is 16.5. The standard InChI is InChI=1S/C23H22ClN5O/c24-18-8-6-17(7-9-18)21-20-22(25-15-26-23(20)30-28-21)27-19-10-12-29(13-11-19)14-16-4-2-1-3-5-16/h1-9,15,19H,10-14H2,(H,25,26,27). The Hall–Kier alpha value is -2.96. The molecular formula is C23H22ClN5O. The lowest BCUT2D eigenvalue weighted by Crippen LogP contribution is -2.38. The van der Waals surface area contributed by atoms with E-state index in [9.17, 15) is 0 Å². The largest absolute Gasteiger partial charge is 0.366 e. The van der Waals surface area contributed by atoms with Gasteiger partial charge in [0.2, 0.25) is 0 Å². The summed E-state index contributed by atoms with van der Waals surface area (Å²) in [6.07, 6.45) is 3.63. The van der Waals surface area contributed by atoms with Gasteiger partial charge in [-0.3, -0.25) is 4.90 Å². The van der Waals surface area contributed by atoms with Gasteiger partial charge in [0.15, 0.2) is 0 Å². The number of nitrogens with zero attached hydrogens (tertiary/aromatic N) is 4. The van der Waals surface area contributed by atoms with Crippen molar-refractivity contribution in [3.05, 3.63) is 71.5 Å². The molecule has 0 bridgehead atoms. The number of fused-ring (bicyclic) bond motifs is 1. The molecule has 1 fully saturated rings. The van der Waals surface area contributed by atoms with E-state index in [0.717, 1.165) is 54.9 Å².